The van der Waals surface area contributed by atoms with Gasteiger partial charge in [-0.3, -0.25) is 0 Å². The number of nitrogens with zero attached hydrogens (tertiary/aromatic N) is 1. The molecule has 1 aromatic rings. The summed E-state index contributed by atoms with van der Waals surface area (Å²) in [6.45, 7) is 1.13. The van der Waals surface area contributed by atoms with Crippen molar-refractivity contribution < 1.29 is 9.84 Å². The summed E-state index contributed by atoms with van der Waals surface area (Å²) in [5, 5.41) is 9.52. The van der Waals surface area contributed by atoms with Gasteiger partial charge in [0.2, 0.25) is 0 Å². The first-order valence-corrected chi connectivity index (χ1v) is 5.69. The van der Waals surface area contributed by atoms with E-state index >= 15 is 0 Å². The van der Waals surface area contributed by atoms with Gasteiger partial charge in [-0.15, -0.1) is 0 Å². The third-order valence-electron chi connectivity index (χ3n) is 2.21. The van der Waals surface area contributed by atoms with Crippen molar-refractivity contribution in [3.05, 3.63) is 15.5 Å². The van der Waals surface area contributed by atoms with Gasteiger partial charge in [0.25, 0.3) is 0 Å². The van der Waals surface area contributed by atoms with Crippen molar-refractivity contribution in [1.29, 1.82) is 0 Å². The molecule has 0 unspecified atom stereocenters. The van der Waals surface area contributed by atoms with E-state index in [4.69, 9.17) is 4.74 Å². The zero-order chi connectivity index (χ0) is 9.26. The Morgan fingerprint density at radius 3 is 3.08 bits per heavy atom. The maximum Gasteiger partial charge on any atom is 0.0827 e. The van der Waals surface area contributed by atoms with Crippen molar-refractivity contribution in [1.82, 2.24) is 4.37 Å². The van der Waals surface area contributed by atoms with Gasteiger partial charge in [-0.1, -0.05) is 0 Å². The lowest BCUT2D eigenvalue weighted by Gasteiger charge is -2.10. The van der Waals surface area contributed by atoms with Gasteiger partial charge in [-0.05, 0) is 33.9 Å². The molecule has 0 aliphatic carbocycles. The number of aliphatic hydroxyl groups is 1. The van der Waals surface area contributed by atoms with Gasteiger partial charge in [-0.25, -0.2) is 0 Å². The van der Waals surface area contributed by atoms with E-state index in [0.29, 0.717) is 13.2 Å². The lowest BCUT2D eigenvalue weighted by atomic mass is 10.0. The molecule has 1 fully saturated rings. The quantitative estimate of drug-likeness (QED) is 0.879. The van der Waals surface area contributed by atoms with Crippen molar-refractivity contribution in [3.63, 3.8) is 0 Å². The maximum atomic E-state index is 9.52. The first kappa shape index (κ1) is 9.58. The lowest BCUT2D eigenvalue weighted by molar-refractivity contribution is 0.118. The molecule has 5 heteroatoms. The summed E-state index contributed by atoms with van der Waals surface area (Å²) in [6.07, 6.45) is 2.34. The van der Waals surface area contributed by atoms with Gasteiger partial charge in [0.05, 0.1) is 30.0 Å². The molecule has 2 heterocycles. The van der Waals surface area contributed by atoms with Gasteiger partial charge in [0, 0.05) is 10.8 Å². The van der Waals surface area contributed by atoms with Crippen molar-refractivity contribution in [2.45, 2.75) is 12.5 Å². The van der Waals surface area contributed by atoms with Gasteiger partial charge in [0.15, 0.2) is 0 Å². The van der Waals surface area contributed by atoms with Crippen LogP contribution in [0.4, 0.5) is 0 Å². The molecule has 0 saturated carbocycles. The zero-order valence-electron chi connectivity index (χ0n) is 6.94. The molecule has 0 aromatic carbocycles. The zero-order valence-corrected chi connectivity index (χ0v) is 9.34. The molecular formula is C8H10BrNO2S. The fourth-order valence-electron chi connectivity index (χ4n) is 1.41. The van der Waals surface area contributed by atoms with Gasteiger partial charge >= 0.3 is 0 Å². The van der Waals surface area contributed by atoms with Crippen molar-refractivity contribution in [2.75, 3.05) is 13.2 Å². The van der Waals surface area contributed by atoms with Crippen LogP contribution in [0.5, 0.6) is 0 Å². The third kappa shape index (κ3) is 2.10. The smallest absolute Gasteiger partial charge is 0.0827 e. The van der Waals surface area contributed by atoms with E-state index in [9.17, 15) is 5.11 Å². The molecule has 0 bridgehead atoms. The van der Waals surface area contributed by atoms with Gasteiger partial charge in [0.1, 0.15) is 0 Å². The van der Waals surface area contributed by atoms with Crippen LogP contribution in [0.1, 0.15) is 4.88 Å². The predicted molar refractivity (Wildman–Crippen MR) is 53.8 cm³/mol. The molecule has 1 aliphatic heterocycles. The number of hydrogen-bond donors (Lipinski definition) is 1. The molecular weight excluding hydrogens is 254 g/mol. The minimum Gasteiger partial charge on any atom is -0.390 e. The van der Waals surface area contributed by atoms with E-state index in [-0.39, 0.29) is 12.0 Å². The largest absolute Gasteiger partial charge is 0.390 e. The molecule has 72 valence electrons. The molecule has 0 amide bonds. The van der Waals surface area contributed by atoms with Gasteiger partial charge < -0.3 is 9.84 Å². The standard InChI is InChI=1S/C8H10BrNO2S/c9-6-2-10-13-8(6)1-5-3-12-4-7(5)11/h2,5,7,11H,1,3-4H2/t5-,7-/m1/s1. The van der Waals surface area contributed by atoms with E-state index in [2.05, 4.69) is 20.3 Å². The highest BCUT2D eigenvalue weighted by atomic mass is 79.9. The highest BCUT2D eigenvalue weighted by Crippen LogP contribution is 2.26. The number of halogens is 1. The number of aliphatic hydroxyl groups excluding tert-OH is 1. The molecule has 2 atom stereocenters. The van der Waals surface area contributed by atoms with Crippen LogP contribution in [-0.2, 0) is 11.2 Å². The normalized spacial score (nSPS) is 28.2. The van der Waals surface area contributed by atoms with E-state index in [1.807, 2.05) is 0 Å². The molecule has 0 radical (unpaired) electrons. The third-order valence-corrected chi connectivity index (χ3v) is 3.97. The second-order valence-electron chi connectivity index (χ2n) is 3.17. The Labute approximate surface area is 89.0 Å². The Bertz CT molecular complexity index is 291. The van der Waals surface area contributed by atoms with Crippen LogP contribution in [0.15, 0.2) is 10.7 Å². The lowest BCUT2D eigenvalue weighted by Crippen LogP contribution is -2.19. The van der Waals surface area contributed by atoms with Crippen LogP contribution < -0.4 is 0 Å². The summed E-state index contributed by atoms with van der Waals surface area (Å²) in [7, 11) is 0. The topological polar surface area (TPSA) is 42.4 Å². The number of ether oxygens (including phenoxy) is 1. The summed E-state index contributed by atoms with van der Waals surface area (Å²) in [6, 6.07) is 0. The molecule has 1 aromatic heterocycles. The second-order valence-corrected chi connectivity index (χ2v) is 4.91. The molecule has 1 saturated heterocycles. The van der Waals surface area contributed by atoms with Crippen molar-refractivity contribution >= 4 is 27.5 Å². The van der Waals surface area contributed by atoms with Crippen LogP contribution in [-0.4, -0.2) is 28.8 Å². The predicted octanol–water partition coefficient (Wildman–Crippen LogP) is 1.46. The Morgan fingerprint density at radius 2 is 2.54 bits per heavy atom. The fraction of sp³-hybridized carbons (Fsp3) is 0.625. The molecule has 3 nitrogen and oxygen atoms in total. The molecule has 1 N–H and O–H groups in total. The van der Waals surface area contributed by atoms with E-state index in [0.717, 1.165) is 10.9 Å². The molecule has 13 heavy (non-hydrogen) atoms. The highest BCUT2D eigenvalue weighted by Gasteiger charge is 2.27. The maximum absolute atomic E-state index is 9.52. The Morgan fingerprint density at radius 1 is 1.69 bits per heavy atom. The minimum absolute atomic E-state index is 0.233. The molecule has 2 rings (SSSR count). The van der Waals surface area contributed by atoms with Crippen LogP contribution in [0.25, 0.3) is 0 Å². The average Bonchev–Trinajstić information content (AvgIpc) is 2.65. The SMILES string of the molecule is O[C@@H]1COC[C@H]1Cc1sncc1Br. The Kier molecular flexibility index (Phi) is 2.98. The second kappa shape index (κ2) is 4.04. The Balaban J connectivity index is 2.01. The molecule has 1 aliphatic rings. The van der Waals surface area contributed by atoms with Crippen LogP contribution in [0.3, 0.4) is 0 Å². The molecule has 0 spiro atoms. The van der Waals surface area contributed by atoms with Crippen LogP contribution >= 0.6 is 27.5 Å². The van der Waals surface area contributed by atoms with E-state index in [1.54, 1.807) is 6.20 Å². The first-order chi connectivity index (χ1) is 6.27. The number of aromatic nitrogens is 1. The average molecular weight is 264 g/mol. The number of rotatable bonds is 2. The van der Waals surface area contributed by atoms with E-state index in [1.165, 1.54) is 16.4 Å². The van der Waals surface area contributed by atoms with E-state index < -0.39 is 0 Å². The monoisotopic (exact) mass is 263 g/mol. The number of hydrogen-bond acceptors (Lipinski definition) is 4. The van der Waals surface area contributed by atoms with Gasteiger partial charge in [-0.2, -0.15) is 4.37 Å². The minimum atomic E-state index is -0.311. The fourth-order valence-corrected chi connectivity index (χ4v) is 2.74. The summed E-state index contributed by atoms with van der Waals surface area (Å²) >= 11 is 4.89. The summed E-state index contributed by atoms with van der Waals surface area (Å²) in [5.74, 6) is 0.233. The summed E-state index contributed by atoms with van der Waals surface area (Å²) < 4.78 is 10.3. The first-order valence-electron chi connectivity index (χ1n) is 4.12. The van der Waals surface area contributed by atoms with Crippen molar-refractivity contribution in [3.8, 4) is 0 Å². The summed E-state index contributed by atoms with van der Waals surface area (Å²) in [4.78, 5) is 1.19. The van der Waals surface area contributed by atoms with Crippen molar-refractivity contribution in [2.24, 2.45) is 5.92 Å². The van der Waals surface area contributed by atoms with Crippen LogP contribution in [0.2, 0.25) is 0 Å². The highest BCUT2D eigenvalue weighted by molar-refractivity contribution is 9.10. The summed E-state index contributed by atoms with van der Waals surface area (Å²) in [5.41, 5.74) is 0. The Hall–Kier alpha value is 0.0300. The van der Waals surface area contributed by atoms with Crippen LogP contribution in [0, 0.1) is 5.92 Å².